The number of benzene rings is 2. The van der Waals surface area contributed by atoms with Gasteiger partial charge in [0.15, 0.2) is 0 Å². The van der Waals surface area contributed by atoms with E-state index < -0.39 is 5.92 Å². The molecule has 0 saturated carbocycles. The number of amides is 2. The first-order valence-electron chi connectivity index (χ1n) is 12.1. The van der Waals surface area contributed by atoms with Crippen LogP contribution in [-0.2, 0) is 9.59 Å². The lowest BCUT2D eigenvalue weighted by molar-refractivity contribution is -0.122. The van der Waals surface area contributed by atoms with Gasteiger partial charge >= 0.3 is 0 Å². The molecule has 3 heterocycles. The number of aromatic nitrogens is 3. The average molecular weight is 510 g/mol. The normalized spacial score (nSPS) is 14.7. The first kappa shape index (κ1) is 24.7. The van der Waals surface area contributed by atoms with Gasteiger partial charge in [0.25, 0.3) is 0 Å². The predicted molar refractivity (Wildman–Crippen MR) is 146 cm³/mol. The van der Waals surface area contributed by atoms with E-state index >= 15 is 0 Å². The number of hydrogen-bond donors (Lipinski definition) is 3. The Bertz CT molecular complexity index is 1440. The van der Waals surface area contributed by atoms with Crippen molar-refractivity contribution >= 4 is 46.3 Å². The van der Waals surface area contributed by atoms with Crippen molar-refractivity contribution in [1.29, 1.82) is 0 Å². The minimum Gasteiger partial charge on any atom is -0.497 e. The van der Waals surface area contributed by atoms with Gasteiger partial charge in [0.05, 0.1) is 13.0 Å². The Morgan fingerprint density at radius 3 is 2.29 bits per heavy atom. The van der Waals surface area contributed by atoms with Gasteiger partial charge in [-0.15, -0.1) is 0 Å². The summed E-state index contributed by atoms with van der Waals surface area (Å²) >= 11 is 0. The Morgan fingerprint density at radius 1 is 0.895 bits per heavy atom. The van der Waals surface area contributed by atoms with Crippen LogP contribution in [0.4, 0.5) is 34.5 Å². The lowest BCUT2D eigenvalue weighted by atomic mass is 10.1. The highest BCUT2D eigenvalue weighted by Gasteiger charge is 2.35. The third kappa shape index (κ3) is 5.86. The van der Waals surface area contributed by atoms with E-state index in [0.717, 1.165) is 16.9 Å². The number of ether oxygens (including phenoxy) is 1. The smallest absolute Gasteiger partial charge is 0.229 e. The first-order valence-corrected chi connectivity index (χ1v) is 12.1. The summed E-state index contributed by atoms with van der Waals surface area (Å²) in [6.07, 6.45) is 3.37. The summed E-state index contributed by atoms with van der Waals surface area (Å²) in [5.41, 5.74) is 3.28. The van der Waals surface area contributed by atoms with E-state index in [2.05, 4.69) is 30.9 Å². The molecule has 2 aromatic heterocycles. The molecule has 1 aliphatic rings. The number of pyridine rings is 1. The van der Waals surface area contributed by atoms with Crippen LogP contribution in [0.1, 0.15) is 12.0 Å². The number of aryl methyl sites for hydroxylation is 1. The van der Waals surface area contributed by atoms with Gasteiger partial charge in [0, 0.05) is 42.3 Å². The van der Waals surface area contributed by atoms with Crippen LogP contribution in [0.25, 0.3) is 0 Å². The Hall–Kier alpha value is -4.99. The van der Waals surface area contributed by atoms with Gasteiger partial charge in [0.2, 0.25) is 11.8 Å². The molecule has 3 N–H and O–H groups in total. The third-order valence-corrected chi connectivity index (χ3v) is 6.14. The Balaban J connectivity index is 1.17. The molecule has 10 nitrogen and oxygen atoms in total. The highest BCUT2D eigenvalue weighted by Crippen LogP contribution is 2.28. The standard InChI is InChI=1S/C28H27N7O3/c1-18-11-12-29-24(13-18)34-26-15-25(30-17-31-26)32-20-3-5-21(6-4-20)33-28(37)19-14-27(36)35(16-19)22-7-9-23(38-2)10-8-22/h3-13,15,17,19H,14,16H2,1-2H3,(H,33,37)(H2,29,30,31,32,34). The van der Waals surface area contributed by atoms with Crippen LogP contribution >= 0.6 is 0 Å². The molecule has 1 saturated heterocycles. The van der Waals surface area contributed by atoms with E-state index in [9.17, 15) is 9.59 Å². The highest BCUT2D eigenvalue weighted by atomic mass is 16.5. The van der Waals surface area contributed by atoms with Crippen molar-refractivity contribution in [2.45, 2.75) is 13.3 Å². The molecule has 1 unspecified atom stereocenters. The van der Waals surface area contributed by atoms with Gasteiger partial charge in [-0.25, -0.2) is 15.0 Å². The number of carbonyl (C=O) groups excluding carboxylic acids is 2. The molecule has 0 aliphatic carbocycles. The topological polar surface area (TPSA) is 121 Å². The van der Waals surface area contributed by atoms with Gasteiger partial charge in [0.1, 0.15) is 29.5 Å². The molecule has 38 heavy (non-hydrogen) atoms. The summed E-state index contributed by atoms with van der Waals surface area (Å²) in [6, 6.07) is 20.2. The Morgan fingerprint density at radius 2 is 1.58 bits per heavy atom. The lowest BCUT2D eigenvalue weighted by Crippen LogP contribution is -2.28. The van der Waals surface area contributed by atoms with Crippen LogP contribution in [0.5, 0.6) is 5.75 Å². The average Bonchev–Trinajstić information content (AvgIpc) is 3.32. The Labute approximate surface area is 220 Å². The molecular formula is C28H27N7O3. The van der Waals surface area contributed by atoms with Gasteiger partial charge in [-0.3, -0.25) is 9.59 Å². The largest absolute Gasteiger partial charge is 0.497 e. The van der Waals surface area contributed by atoms with E-state index in [1.165, 1.54) is 6.33 Å². The van der Waals surface area contributed by atoms with Crippen molar-refractivity contribution in [2.75, 3.05) is 34.5 Å². The lowest BCUT2D eigenvalue weighted by Gasteiger charge is -2.17. The van der Waals surface area contributed by atoms with E-state index in [4.69, 9.17) is 4.74 Å². The number of nitrogens with zero attached hydrogens (tertiary/aromatic N) is 4. The fourth-order valence-electron chi connectivity index (χ4n) is 4.15. The number of nitrogens with one attached hydrogen (secondary N) is 3. The van der Waals surface area contributed by atoms with Crippen LogP contribution < -0.4 is 25.6 Å². The van der Waals surface area contributed by atoms with Crippen molar-refractivity contribution in [3.8, 4) is 5.75 Å². The maximum atomic E-state index is 12.9. The molecule has 5 rings (SSSR count). The predicted octanol–water partition coefficient (Wildman–Crippen LogP) is 4.67. The number of hydrogen-bond acceptors (Lipinski definition) is 8. The summed E-state index contributed by atoms with van der Waals surface area (Å²) in [7, 11) is 1.59. The fraction of sp³-hybridized carbons (Fsp3) is 0.179. The maximum absolute atomic E-state index is 12.9. The highest BCUT2D eigenvalue weighted by molar-refractivity contribution is 6.03. The summed E-state index contributed by atoms with van der Waals surface area (Å²) in [4.78, 5) is 39.9. The molecule has 0 radical (unpaired) electrons. The van der Waals surface area contributed by atoms with Crippen molar-refractivity contribution < 1.29 is 14.3 Å². The minimum atomic E-state index is -0.433. The molecule has 192 valence electrons. The first-order chi connectivity index (χ1) is 18.5. The molecule has 1 aliphatic heterocycles. The van der Waals surface area contributed by atoms with Gasteiger partial charge in [-0.05, 0) is 73.2 Å². The van der Waals surface area contributed by atoms with Crippen molar-refractivity contribution in [3.63, 3.8) is 0 Å². The van der Waals surface area contributed by atoms with Gasteiger partial charge in [-0.2, -0.15) is 0 Å². The molecule has 2 amide bonds. The number of carbonyl (C=O) groups is 2. The van der Waals surface area contributed by atoms with E-state index in [-0.39, 0.29) is 18.2 Å². The Kier molecular flexibility index (Phi) is 7.12. The molecule has 1 atom stereocenters. The fourth-order valence-corrected chi connectivity index (χ4v) is 4.15. The van der Waals surface area contributed by atoms with Crippen LogP contribution in [-0.4, -0.2) is 40.4 Å². The molecular weight excluding hydrogens is 482 g/mol. The summed E-state index contributed by atoms with van der Waals surface area (Å²) in [6.45, 7) is 2.33. The van der Waals surface area contributed by atoms with Gasteiger partial charge < -0.3 is 25.6 Å². The molecule has 0 bridgehead atoms. The quantitative estimate of drug-likeness (QED) is 0.313. The SMILES string of the molecule is COc1ccc(N2CC(C(=O)Nc3ccc(Nc4cc(Nc5cc(C)ccn5)ncn4)cc3)CC2=O)cc1. The van der Waals surface area contributed by atoms with Crippen molar-refractivity contribution in [2.24, 2.45) is 5.92 Å². The van der Waals surface area contributed by atoms with Crippen LogP contribution in [0.3, 0.4) is 0 Å². The zero-order valence-corrected chi connectivity index (χ0v) is 21.0. The zero-order valence-electron chi connectivity index (χ0n) is 21.0. The zero-order chi connectivity index (χ0) is 26.5. The van der Waals surface area contributed by atoms with Crippen LogP contribution in [0.2, 0.25) is 0 Å². The summed E-state index contributed by atoms with van der Waals surface area (Å²) in [5.74, 6) is 1.93. The minimum absolute atomic E-state index is 0.0771. The second-order valence-electron chi connectivity index (χ2n) is 8.93. The summed E-state index contributed by atoms with van der Waals surface area (Å²) in [5, 5.41) is 9.32. The molecule has 2 aromatic carbocycles. The molecule has 4 aromatic rings. The van der Waals surface area contributed by atoms with Crippen LogP contribution in [0.15, 0.2) is 79.3 Å². The van der Waals surface area contributed by atoms with Crippen molar-refractivity contribution in [3.05, 3.63) is 84.8 Å². The number of methoxy groups -OCH3 is 1. The molecule has 1 fully saturated rings. The number of anilines is 6. The monoisotopic (exact) mass is 509 g/mol. The third-order valence-electron chi connectivity index (χ3n) is 6.14. The van der Waals surface area contributed by atoms with Crippen molar-refractivity contribution in [1.82, 2.24) is 15.0 Å². The maximum Gasteiger partial charge on any atom is 0.229 e. The van der Waals surface area contributed by atoms with E-state index in [0.29, 0.717) is 35.4 Å². The number of rotatable bonds is 8. The van der Waals surface area contributed by atoms with Gasteiger partial charge in [-0.1, -0.05) is 0 Å². The second kappa shape index (κ2) is 11.0. The molecule has 0 spiro atoms. The summed E-state index contributed by atoms with van der Waals surface area (Å²) < 4.78 is 5.17. The van der Waals surface area contributed by atoms with Crippen LogP contribution in [0, 0.1) is 12.8 Å². The van der Waals surface area contributed by atoms with E-state index in [1.54, 1.807) is 48.5 Å². The second-order valence-corrected chi connectivity index (χ2v) is 8.93. The molecule has 10 heteroatoms. The van der Waals surface area contributed by atoms with E-state index in [1.807, 2.05) is 43.3 Å².